The molecule has 0 fully saturated rings. The highest BCUT2D eigenvalue weighted by molar-refractivity contribution is 7.12. The van der Waals surface area contributed by atoms with Crippen LogP contribution in [0.1, 0.15) is 160 Å². The van der Waals surface area contributed by atoms with Gasteiger partial charge in [-0.25, -0.2) is 0 Å². The van der Waals surface area contributed by atoms with Crippen molar-refractivity contribution in [3.05, 3.63) is 447 Å². The SMILES string of the molecule is Cc1cc(C)c(C)s1.Cc1ccc(C)s1.Cc1ccc(C2(c3ccc(C)cc3)c3ccccc3-c3ccccc32)cc1.Cc1ccc(Oc2ccc(C(C)(C)c3ccc(Oc4ccc(C)cc4)cc3)cc2)cc1.Cc1cccc(C(=O)c2ccc(C(=O)c3cccc(C)c3)cc2)c1.Cc1cnc(C)cn1.Cc1cncc(C)n1. The lowest BCUT2D eigenvalue weighted by Crippen LogP contribution is -2.28. The molecular weight excluding hydrogens is 1420 g/mol. The van der Waals surface area contributed by atoms with Crippen LogP contribution in [0.5, 0.6) is 23.0 Å². The minimum Gasteiger partial charge on any atom is -0.457 e. The van der Waals surface area contributed by atoms with Gasteiger partial charge < -0.3 is 9.47 Å². The molecule has 0 N–H and O–H groups in total. The number of thiophene rings is 2. The molecule has 0 atom stereocenters. The number of ether oxygens (including phenoxy) is 2. The van der Waals surface area contributed by atoms with Crippen molar-refractivity contribution in [2.75, 3.05) is 0 Å². The van der Waals surface area contributed by atoms with Crippen molar-refractivity contribution >= 4 is 34.2 Å². The number of carbonyl (C=O) groups is 2. The summed E-state index contributed by atoms with van der Waals surface area (Å²) in [5, 5.41) is 0. The number of hydrogen-bond acceptors (Lipinski definition) is 10. The first-order valence-electron chi connectivity index (χ1n) is 38.2. The maximum absolute atomic E-state index is 12.5. The van der Waals surface area contributed by atoms with Gasteiger partial charge in [0.25, 0.3) is 0 Å². The molecule has 0 radical (unpaired) electrons. The monoisotopic (exact) mass is 1520 g/mol. The number of aromatic nitrogens is 4. The van der Waals surface area contributed by atoms with Gasteiger partial charge in [0, 0.05) is 72.0 Å². The minimum absolute atomic E-state index is 0.0340. The maximum Gasteiger partial charge on any atom is 0.193 e. The Morgan fingerprint density at radius 1 is 0.319 bits per heavy atom. The van der Waals surface area contributed by atoms with E-state index in [1.54, 1.807) is 61.2 Å². The standard InChI is InChI=1S/C29H28O2.C27H22.C22H18O2.C7H10S.2C6H8N2.C6H8S/c1-21-5-13-25(14-6-21)30-27-17-9-23(10-18-27)29(3,4)24-11-19-28(20-12-24)31-26-15-7-22(2)8-16-26;1-19-11-15-21(16-12-19)27(22-17-13-20(2)14-18-22)25-9-5-3-7-23(25)24-8-4-6-10-26(24)27;1-15-5-3-7-19(13-15)21(23)17-9-11-18(12-10-17)22(24)20-8-4-6-16(2)14-20;1-5-4-6(2)8-7(5)3;1-5-3-8-6(2)4-7-5;1-5-3-7-4-6(2)8-5;1-5-3-4-6(2)7-5/h5-20H,1-4H3;3-18H,1-2H3;3-14H,1-2H3;4H,1-3H3;2*3-4H,1-2H3;3-4H,1-2H3. The third-order valence-electron chi connectivity index (χ3n) is 19.5. The number of benzene rings is 11. The van der Waals surface area contributed by atoms with Gasteiger partial charge in [-0.15, -0.1) is 22.7 Å². The van der Waals surface area contributed by atoms with Gasteiger partial charge in [-0.3, -0.25) is 29.5 Å². The Bertz CT molecular complexity index is 5250. The number of aryl methyl sites for hydroxylation is 15. The first-order valence-corrected chi connectivity index (χ1v) is 39.8. The zero-order valence-electron chi connectivity index (χ0n) is 68.2. The zero-order valence-corrected chi connectivity index (χ0v) is 69.8. The van der Waals surface area contributed by atoms with Gasteiger partial charge in [0.05, 0.1) is 28.2 Å². The molecule has 1 aliphatic carbocycles. The van der Waals surface area contributed by atoms with Crippen LogP contribution in [0, 0.1) is 104 Å². The van der Waals surface area contributed by atoms with Crippen molar-refractivity contribution in [3.8, 4) is 34.1 Å². The van der Waals surface area contributed by atoms with Crippen LogP contribution in [-0.4, -0.2) is 31.5 Å². The van der Waals surface area contributed by atoms with Crippen LogP contribution in [0.25, 0.3) is 11.1 Å². The molecule has 570 valence electrons. The van der Waals surface area contributed by atoms with Crippen molar-refractivity contribution in [2.24, 2.45) is 0 Å². The summed E-state index contributed by atoms with van der Waals surface area (Å²) in [6, 6.07) is 97.1. The number of ketones is 2. The molecule has 10 heteroatoms. The lowest BCUT2D eigenvalue weighted by Gasteiger charge is -2.34. The van der Waals surface area contributed by atoms with E-state index in [4.69, 9.17) is 9.47 Å². The first-order chi connectivity index (χ1) is 54.2. The Balaban J connectivity index is 0.000000151. The van der Waals surface area contributed by atoms with Crippen molar-refractivity contribution < 1.29 is 19.1 Å². The molecule has 0 aliphatic heterocycles. The summed E-state index contributed by atoms with van der Waals surface area (Å²) >= 11 is 3.71. The van der Waals surface area contributed by atoms with Crippen molar-refractivity contribution in [3.63, 3.8) is 0 Å². The van der Waals surface area contributed by atoms with Gasteiger partial charge in [-0.2, -0.15) is 0 Å². The molecule has 113 heavy (non-hydrogen) atoms. The Hall–Kier alpha value is -12.1. The van der Waals surface area contributed by atoms with Crippen LogP contribution in [0.15, 0.2) is 310 Å². The van der Waals surface area contributed by atoms with E-state index in [0.717, 1.165) is 56.9 Å². The molecule has 11 aromatic carbocycles. The normalized spacial score (nSPS) is 11.2. The maximum atomic E-state index is 12.5. The number of fused-ring (bicyclic) bond motifs is 3. The van der Waals surface area contributed by atoms with Gasteiger partial charge in [0.15, 0.2) is 11.6 Å². The molecule has 4 aromatic heterocycles. The topological polar surface area (TPSA) is 104 Å². The third-order valence-corrected chi connectivity index (χ3v) is 21.5. The van der Waals surface area contributed by atoms with Crippen LogP contribution in [0.4, 0.5) is 0 Å². The van der Waals surface area contributed by atoms with Crippen molar-refractivity contribution in [2.45, 2.75) is 129 Å². The Morgan fingerprint density at radius 3 is 0.965 bits per heavy atom. The first kappa shape index (κ1) is 83.4. The number of rotatable bonds is 12. The summed E-state index contributed by atoms with van der Waals surface area (Å²) in [7, 11) is 0. The largest absolute Gasteiger partial charge is 0.457 e. The van der Waals surface area contributed by atoms with E-state index in [0.29, 0.717) is 22.3 Å². The number of carbonyl (C=O) groups excluding carboxylic acids is 2. The van der Waals surface area contributed by atoms with Gasteiger partial charge in [-0.1, -0.05) is 253 Å². The summed E-state index contributed by atoms with van der Waals surface area (Å²) in [5.41, 5.74) is 25.1. The molecule has 15 aromatic rings. The number of nitrogens with zero attached hydrogens (tertiary/aromatic N) is 4. The van der Waals surface area contributed by atoms with Crippen LogP contribution in [-0.2, 0) is 10.8 Å². The second-order valence-corrected chi connectivity index (χ2v) is 32.4. The summed E-state index contributed by atoms with van der Waals surface area (Å²) in [4.78, 5) is 46.7. The van der Waals surface area contributed by atoms with E-state index in [-0.39, 0.29) is 22.4 Å². The minimum atomic E-state index is -0.269. The smallest absolute Gasteiger partial charge is 0.193 e. The van der Waals surface area contributed by atoms with Crippen LogP contribution >= 0.6 is 22.7 Å². The molecule has 0 saturated carbocycles. The predicted octanol–water partition coefficient (Wildman–Crippen LogP) is 26.9. The molecule has 1 aliphatic rings. The highest BCUT2D eigenvalue weighted by atomic mass is 32.1. The summed E-state index contributed by atoms with van der Waals surface area (Å²) < 4.78 is 11.9. The molecule has 8 nitrogen and oxygen atoms in total. The lowest BCUT2D eigenvalue weighted by molar-refractivity contribution is 0.102. The van der Waals surface area contributed by atoms with E-state index in [1.807, 2.05) is 149 Å². The Labute approximate surface area is 678 Å². The Morgan fingerprint density at radius 2 is 0.673 bits per heavy atom. The highest BCUT2D eigenvalue weighted by Crippen LogP contribution is 2.56. The van der Waals surface area contributed by atoms with Crippen LogP contribution < -0.4 is 9.47 Å². The summed E-state index contributed by atoms with van der Waals surface area (Å²) in [6.07, 6.45) is 7.00. The fourth-order valence-electron chi connectivity index (χ4n) is 13.2. The molecule has 0 saturated heterocycles. The van der Waals surface area contributed by atoms with Crippen LogP contribution in [0.3, 0.4) is 0 Å². The van der Waals surface area contributed by atoms with Gasteiger partial charge in [-0.05, 0) is 233 Å². The predicted molar refractivity (Wildman–Crippen MR) is 472 cm³/mol. The lowest BCUT2D eigenvalue weighted by atomic mass is 9.67. The van der Waals surface area contributed by atoms with E-state index in [1.165, 1.54) is 91.8 Å². The molecule has 16 rings (SSSR count). The highest BCUT2D eigenvalue weighted by Gasteiger charge is 2.45. The quantitative estimate of drug-likeness (QED) is 0.111. The fourth-order valence-corrected chi connectivity index (χ4v) is 14.9. The summed E-state index contributed by atoms with van der Waals surface area (Å²) in [6.45, 7) is 35.2. The van der Waals surface area contributed by atoms with Gasteiger partial charge >= 0.3 is 0 Å². The molecule has 0 bridgehead atoms. The molecule has 0 unspecified atom stereocenters. The summed E-state index contributed by atoms with van der Waals surface area (Å²) in [5.74, 6) is 3.31. The van der Waals surface area contributed by atoms with E-state index >= 15 is 0 Å². The van der Waals surface area contributed by atoms with Gasteiger partial charge in [0.1, 0.15) is 23.0 Å². The van der Waals surface area contributed by atoms with Crippen molar-refractivity contribution in [1.82, 2.24) is 19.9 Å². The average molecular weight is 1520 g/mol. The molecular formula is C103H102N4O4S2. The van der Waals surface area contributed by atoms with Crippen LogP contribution in [0.2, 0.25) is 0 Å². The zero-order chi connectivity index (χ0) is 80.8. The van der Waals surface area contributed by atoms with Crippen molar-refractivity contribution in [1.29, 1.82) is 0 Å². The molecule has 0 amide bonds. The average Bonchev–Trinajstić information content (AvgIpc) is 1.55. The second-order valence-electron chi connectivity index (χ2n) is 29.4. The molecule has 0 spiro atoms. The number of hydrogen-bond donors (Lipinski definition) is 0. The molecule has 4 heterocycles. The van der Waals surface area contributed by atoms with E-state index < -0.39 is 0 Å². The van der Waals surface area contributed by atoms with E-state index in [9.17, 15) is 9.59 Å². The third kappa shape index (κ3) is 22.8. The Kier molecular flexibility index (Phi) is 28.9. The van der Waals surface area contributed by atoms with Gasteiger partial charge in [0.2, 0.25) is 0 Å². The van der Waals surface area contributed by atoms with E-state index in [2.05, 4.69) is 260 Å². The second kappa shape index (κ2) is 39.2. The fraction of sp³-hybridized carbons (Fsp3) is 0.184.